The lowest BCUT2D eigenvalue weighted by molar-refractivity contribution is 0.290. The Morgan fingerprint density at radius 1 is 0.789 bits per heavy atom. The maximum atomic E-state index is 5.45. The lowest BCUT2D eigenvalue weighted by atomic mass is 10.1. The summed E-state index contributed by atoms with van der Waals surface area (Å²) in [5.41, 5.74) is 2.59. The molecule has 1 nitrogen and oxygen atoms in total. The number of halogens is 1. The van der Waals surface area contributed by atoms with Crippen LogP contribution >= 0.6 is 12.4 Å². The van der Waals surface area contributed by atoms with Crippen molar-refractivity contribution in [2.75, 3.05) is 6.54 Å². The molecule has 0 bridgehead atoms. The first-order valence-electron chi connectivity index (χ1n) is 6.12. The number of rotatable bonds is 5. The van der Waals surface area contributed by atoms with Crippen molar-refractivity contribution < 1.29 is 0 Å². The smallest absolute Gasteiger partial charge is 0.0605 e. The third-order valence-corrected chi connectivity index (χ3v) is 2.81. The zero-order valence-electron chi connectivity index (χ0n) is 10.8. The summed E-state index contributed by atoms with van der Waals surface area (Å²) in [6, 6.07) is 20.8. The summed E-state index contributed by atoms with van der Waals surface area (Å²) in [6.45, 7) is 2.45. The Kier molecular flexibility index (Phi) is 6.74. The molecule has 0 heterocycles. The van der Waals surface area contributed by atoms with Crippen molar-refractivity contribution in [3.63, 3.8) is 0 Å². The second kappa shape index (κ2) is 8.37. The fourth-order valence-electron chi connectivity index (χ4n) is 1.98. The van der Waals surface area contributed by atoms with Gasteiger partial charge in [-0.25, -0.2) is 0 Å². The molecule has 0 spiro atoms. The van der Waals surface area contributed by atoms with Crippen molar-refractivity contribution in [2.24, 2.45) is 0 Å². The summed E-state index contributed by atoms with van der Waals surface area (Å²) >= 11 is 0. The molecule has 0 aromatic heterocycles. The SMILES string of the molecule is C#CCN(Cc1ccccc1)Cc1ccccc1.Cl. The van der Waals surface area contributed by atoms with Gasteiger partial charge in [-0.05, 0) is 11.1 Å². The van der Waals surface area contributed by atoms with Crippen molar-refractivity contribution in [1.82, 2.24) is 4.90 Å². The molecule has 0 saturated heterocycles. The van der Waals surface area contributed by atoms with Gasteiger partial charge in [0.15, 0.2) is 0 Å². The lowest BCUT2D eigenvalue weighted by Crippen LogP contribution is -2.23. The van der Waals surface area contributed by atoms with E-state index in [4.69, 9.17) is 6.42 Å². The van der Waals surface area contributed by atoms with Crippen LogP contribution in [-0.4, -0.2) is 11.4 Å². The summed E-state index contributed by atoms with van der Waals surface area (Å²) in [5.74, 6) is 2.73. The first-order valence-corrected chi connectivity index (χ1v) is 6.12. The van der Waals surface area contributed by atoms with E-state index in [1.54, 1.807) is 0 Å². The van der Waals surface area contributed by atoms with Crippen molar-refractivity contribution in [1.29, 1.82) is 0 Å². The molecule has 0 unspecified atom stereocenters. The van der Waals surface area contributed by atoms with Crippen LogP contribution in [0.1, 0.15) is 11.1 Å². The highest BCUT2D eigenvalue weighted by molar-refractivity contribution is 5.85. The van der Waals surface area contributed by atoms with Crippen LogP contribution in [-0.2, 0) is 13.1 Å². The maximum absolute atomic E-state index is 5.45. The van der Waals surface area contributed by atoms with Gasteiger partial charge < -0.3 is 0 Å². The third kappa shape index (κ3) is 5.18. The van der Waals surface area contributed by atoms with Gasteiger partial charge in [0, 0.05) is 13.1 Å². The summed E-state index contributed by atoms with van der Waals surface area (Å²) < 4.78 is 0. The topological polar surface area (TPSA) is 3.24 Å². The van der Waals surface area contributed by atoms with E-state index in [0.29, 0.717) is 6.54 Å². The standard InChI is InChI=1S/C17H17N.ClH/c1-2-13-18(14-16-9-5-3-6-10-16)15-17-11-7-4-8-12-17;/h1,3-12H,13-15H2;1H. The molecule has 0 fully saturated rings. The average molecular weight is 272 g/mol. The summed E-state index contributed by atoms with van der Waals surface area (Å²) in [5, 5.41) is 0. The van der Waals surface area contributed by atoms with Gasteiger partial charge >= 0.3 is 0 Å². The minimum Gasteiger partial charge on any atom is -0.284 e. The van der Waals surface area contributed by atoms with Crippen LogP contribution in [0.15, 0.2) is 60.7 Å². The Labute approximate surface area is 121 Å². The predicted octanol–water partition coefficient (Wildman–Crippen LogP) is 3.74. The van der Waals surface area contributed by atoms with Gasteiger partial charge in [0.1, 0.15) is 0 Å². The number of benzene rings is 2. The number of terminal acetylenes is 1. The molecule has 0 saturated carbocycles. The van der Waals surface area contributed by atoms with E-state index in [0.717, 1.165) is 13.1 Å². The van der Waals surface area contributed by atoms with Gasteiger partial charge in [0.2, 0.25) is 0 Å². The summed E-state index contributed by atoms with van der Waals surface area (Å²) in [4.78, 5) is 2.27. The molecule has 2 rings (SSSR count). The molecule has 0 aliphatic carbocycles. The first kappa shape index (κ1) is 15.3. The zero-order valence-corrected chi connectivity index (χ0v) is 11.6. The monoisotopic (exact) mass is 271 g/mol. The molecule has 19 heavy (non-hydrogen) atoms. The van der Waals surface area contributed by atoms with E-state index in [2.05, 4.69) is 59.4 Å². The molecule has 0 radical (unpaired) electrons. The summed E-state index contributed by atoms with van der Waals surface area (Å²) in [7, 11) is 0. The quantitative estimate of drug-likeness (QED) is 0.749. The molecule has 2 aromatic carbocycles. The first-order chi connectivity index (χ1) is 8.88. The van der Waals surface area contributed by atoms with Crippen LogP contribution in [0.3, 0.4) is 0 Å². The average Bonchev–Trinajstić information content (AvgIpc) is 2.41. The van der Waals surface area contributed by atoms with E-state index >= 15 is 0 Å². The Morgan fingerprint density at radius 3 is 1.58 bits per heavy atom. The highest BCUT2D eigenvalue weighted by atomic mass is 35.5. The Bertz CT molecular complexity index is 460. The summed E-state index contributed by atoms with van der Waals surface area (Å²) in [6.07, 6.45) is 5.45. The number of hydrogen-bond acceptors (Lipinski definition) is 1. The van der Waals surface area contributed by atoms with Crippen LogP contribution in [0.2, 0.25) is 0 Å². The van der Waals surface area contributed by atoms with Crippen LogP contribution in [0.5, 0.6) is 0 Å². The van der Waals surface area contributed by atoms with E-state index in [9.17, 15) is 0 Å². The van der Waals surface area contributed by atoms with Crippen molar-refractivity contribution in [2.45, 2.75) is 13.1 Å². The highest BCUT2D eigenvalue weighted by Gasteiger charge is 2.05. The van der Waals surface area contributed by atoms with Crippen molar-refractivity contribution in [3.8, 4) is 12.3 Å². The largest absolute Gasteiger partial charge is 0.284 e. The van der Waals surface area contributed by atoms with Crippen molar-refractivity contribution >= 4 is 12.4 Å². The van der Waals surface area contributed by atoms with Crippen LogP contribution in [0.25, 0.3) is 0 Å². The Morgan fingerprint density at radius 2 is 1.21 bits per heavy atom. The van der Waals surface area contributed by atoms with Gasteiger partial charge in [-0.3, -0.25) is 4.90 Å². The predicted molar refractivity (Wildman–Crippen MR) is 83.1 cm³/mol. The second-order valence-corrected chi connectivity index (χ2v) is 4.32. The van der Waals surface area contributed by atoms with Crippen LogP contribution in [0.4, 0.5) is 0 Å². The molecule has 0 atom stereocenters. The molecule has 0 N–H and O–H groups in total. The second-order valence-electron chi connectivity index (χ2n) is 4.32. The maximum Gasteiger partial charge on any atom is 0.0605 e. The third-order valence-electron chi connectivity index (χ3n) is 2.81. The minimum atomic E-state index is 0. The molecule has 0 aliphatic rings. The number of hydrogen-bond donors (Lipinski definition) is 0. The zero-order chi connectivity index (χ0) is 12.6. The molecule has 2 aromatic rings. The lowest BCUT2D eigenvalue weighted by Gasteiger charge is -2.19. The van der Waals surface area contributed by atoms with Crippen LogP contribution < -0.4 is 0 Å². The highest BCUT2D eigenvalue weighted by Crippen LogP contribution is 2.09. The Balaban J connectivity index is 0.00000180. The van der Waals surface area contributed by atoms with Crippen LogP contribution in [0, 0.1) is 12.3 Å². The van der Waals surface area contributed by atoms with Gasteiger partial charge in [-0.15, -0.1) is 18.8 Å². The van der Waals surface area contributed by atoms with Gasteiger partial charge in [0.25, 0.3) is 0 Å². The Hall–Kier alpha value is -1.75. The molecule has 2 heteroatoms. The molecule has 98 valence electrons. The van der Waals surface area contributed by atoms with Crippen molar-refractivity contribution in [3.05, 3.63) is 71.8 Å². The van der Waals surface area contributed by atoms with E-state index in [1.165, 1.54) is 11.1 Å². The molecule has 0 amide bonds. The van der Waals surface area contributed by atoms with E-state index < -0.39 is 0 Å². The molecular formula is C17H18ClN. The fraction of sp³-hybridized carbons (Fsp3) is 0.176. The van der Waals surface area contributed by atoms with E-state index in [-0.39, 0.29) is 12.4 Å². The fourth-order valence-corrected chi connectivity index (χ4v) is 1.98. The van der Waals surface area contributed by atoms with Gasteiger partial charge in [0.05, 0.1) is 6.54 Å². The molecular weight excluding hydrogens is 254 g/mol. The van der Waals surface area contributed by atoms with Gasteiger partial charge in [-0.2, -0.15) is 0 Å². The number of nitrogens with zero attached hydrogens (tertiary/aromatic N) is 1. The normalized spacial score (nSPS) is 9.68. The minimum absolute atomic E-state index is 0. The molecule has 0 aliphatic heterocycles. The van der Waals surface area contributed by atoms with E-state index in [1.807, 2.05) is 12.1 Å². The van der Waals surface area contributed by atoms with Gasteiger partial charge in [-0.1, -0.05) is 66.6 Å².